The Morgan fingerprint density at radius 2 is 1.19 bits per heavy atom. The molecule has 222 valence electrons. The van der Waals surface area contributed by atoms with Gasteiger partial charge in [0.2, 0.25) is 5.95 Å². The first-order chi connectivity index (χ1) is 23.0. The molecule has 0 radical (unpaired) electrons. The van der Waals surface area contributed by atoms with E-state index in [-0.39, 0.29) is 11.0 Å². The summed E-state index contributed by atoms with van der Waals surface area (Å²) >= 11 is 0. The number of fused-ring (bicyclic) bond motifs is 12. The number of hydrogen-bond acceptors (Lipinski definition) is 3. The number of para-hydroxylation sites is 3. The van der Waals surface area contributed by atoms with Crippen molar-refractivity contribution in [2.24, 2.45) is 0 Å². The van der Waals surface area contributed by atoms with E-state index >= 15 is 0 Å². The third-order valence-electron chi connectivity index (χ3n) is 10.1. The van der Waals surface area contributed by atoms with Crippen LogP contribution in [0.3, 0.4) is 0 Å². The van der Waals surface area contributed by atoms with Crippen LogP contribution in [-0.4, -0.2) is 19.1 Å². The van der Waals surface area contributed by atoms with Gasteiger partial charge in [-0.05, 0) is 57.3 Å². The number of aromatic nitrogens is 4. The Balaban J connectivity index is 1.32. The van der Waals surface area contributed by atoms with E-state index in [4.69, 9.17) is 9.97 Å². The van der Waals surface area contributed by atoms with Crippen LogP contribution in [0.5, 0.6) is 0 Å². The summed E-state index contributed by atoms with van der Waals surface area (Å²) in [5, 5.41) is 6.23. The quantitative estimate of drug-likeness (QED) is 0.185. The fraction of sp³-hybridized carbons (Fsp3) is 0.0714. The van der Waals surface area contributed by atoms with E-state index in [1.807, 2.05) is 54.6 Å². The van der Waals surface area contributed by atoms with E-state index in [0.717, 1.165) is 38.4 Å². The van der Waals surface area contributed by atoms with Crippen LogP contribution in [0.1, 0.15) is 25.0 Å². The standard InChI is InChI=1S/C42H28N4O/c1-42(2)36-27-15-7-6-12-25(27)20-21-29(36)30-22-23-31-28-16-8-10-18-34(28)46(39(31)37(30)42)41-43-24-33-38(44-41)32-17-9-11-19-35(32)45(40(33)47)26-13-4-3-5-14-26/h3-24H,1-2H3. The molecule has 5 nitrogen and oxygen atoms in total. The van der Waals surface area contributed by atoms with Crippen molar-refractivity contribution < 1.29 is 0 Å². The summed E-state index contributed by atoms with van der Waals surface area (Å²) in [5.74, 6) is 0.552. The van der Waals surface area contributed by atoms with Gasteiger partial charge in [0.25, 0.3) is 5.56 Å². The minimum atomic E-state index is -0.288. The molecule has 0 bridgehead atoms. The largest absolute Gasteiger partial charge is 0.278 e. The molecule has 0 atom stereocenters. The molecule has 47 heavy (non-hydrogen) atoms. The molecule has 1 aliphatic carbocycles. The van der Waals surface area contributed by atoms with Crippen molar-refractivity contribution in [3.05, 3.63) is 155 Å². The molecule has 5 heteroatoms. The zero-order valence-corrected chi connectivity index (χ0v) is 25.9. The van der Waals surface area contributed by atoms with Crippen LogP contribution in [0, 0.1) is 0 Å². The van der Waals surface area contributed by atoms with Crippen molar-refractivity contribution in [2.75, 3.05) is 0 Å². The van der Waals surface area contributed by atoms with Crippen molar-refractivity contribution in [1.29, 1.82) is 0 Å². The highest BCUT2D eigenvalue weighted by Gasteiger charge is 2.40. The molecule has 10 rings (SSSR count). The molecular weight excluding hydrogens is 576 g/mol. The Bertz CT molecular complexity index is 2840. The topological polar surface area (TPSA) is 52.7 Å². The van der Waals surface area contributed by atoms with Crippen molar-refractivity contribution in [2.45, 2.75) is 19.3 Å². The molecule has 9 aromatic rings. The molecule has 0 N–H and O–H groups in total. The Labute approximate surface area is 270 Å². The van der Waals surface area contributed by atoms with Crippen LogP contribution in [0.15, 0.2) is 138 Å². The lowest BCUT2D eigenvalue weighted by molar-refractivity contribution is 0.669. The number of rotatable bonds is 2. The molecule has 0 saturated carbocycles. The van der Waals surface area contributed by atoms with E-state index in [1.165, 1.54) is 33.0 Å². The minimum absolute atomic E-state index is 0.136. The summed E-state index contributed by atoms with van der Waals surface area (Å²) in [7, 11) is 0. The highest BCUT2D eigenvalue weighted by atomic mass is 16.1. The molecule has 3 heterocycles. The second-order valence-corrected chi connectivity index (χ2v) is 13.0. The predicted molar refractivity (Wildman–Crippen MR) is 192 cm³/mol. The Morgan fingerprint density at radius 3 is 2.00 bits per heavy atom. The highest BCUT2D eigenvalue weighted by Crippen LogP contribution is 2.54. The van der Waals surface area contributed by atoms with Gasteiger partial charge >= 0.3 is 0 Å². The SMILES string of the molecule is CC1(C)c2c(ccc3ccccc23)-c2ccc3c4ccccc4n(-c4ncc5c(=O)n(-c6ccccc6)c6ccccc6c5n4)c3c21. The average molecular weight is 605 g/mol. The maximum absolute atomic E-state index is 14.1. The Morgan fingerprint density at radius 1 is 0.553 bits per heavy atom. The van der Waals surface area contributed by atoms with E-state index in [9.17, 15) is 4.79 Å². The van der Waals surface area contributed by atoms with Gasteiger partial charge in [-0.15, -0.1) is 0 Å². The summed E-state index contributed by atoms with van der Waals surface area (Å²) in [5.41, 5.74) is 9.12. The fourth-order valence-electron chi connectivity index (χ4n) is 8.19. The monoisotopic (exact) mass is 604 g/mol. The van der Waals surface area contributed by atoms with Gasteiger partial charge in [0.1, 0.15) is 0 Å². The second kappa shape index (κ2) is 9.24. The second-order valence-electron chi connectivity index (χ2n) is 13.0. The molecule has 3 aromatic heterocycles. The van der Waals surface area contributed by atoms with Crippen molar-refractivity contribution in [3.63, 3.8) is 0 Å². The maximum Gasteiger partial charge on any atom is 0.266 e. The molecule has 0 spiro atoms. The lowest BCUT2D eigenvalue weighted by atomic mass is 9.79. The summed E-state index contributed by atoms with van der Waals surface area (Å²) in [6, 6.07) is 44.0. The van der Waals surface area contributed by atoms with Gasteiger partial charge in [-0.25, -0.2) is 9.97 Å². The average Bonchev–Trinajstić information content (AvgIpc) is 3.57. The smallest absolute Gasteiger partial charge is 0.266 e. The molecular formula is C42H28N4O. The third kappa shape index (κ3) is 3.40. The van der Waals surface area contributed by atoms with Crippen LogP contribution in [0.4, 0.5) is 0 Å². The number of benzene rings is 6. The zero-order chi connectivity index (χ0) is 31.4. The molecule has 0 fully saturated rings. The summed E-state index contributed by atoms with van der Waals surface area (Å²) < 4.78 is 3.98. The first kappa shape index (κ1) is 26.2. The summed E-state index contributed by atoms with van der Waals surface area (Å²) in [6.07, 6.45) is 1.71. The minimum Gasteiger partial charge on any atom is -0.278 e. The van der Waals surface area contributed by atoms with Gasteiger partial charge in [0, 0.05) is 33.5 Å². The van der Waals surface area contributed by atoms with Gasteiger partial charge in [0.05, 0.1) is 27.5 Å². The van der Waals surface area contributed by atoms with Gasteiger partial charge in [-0.2, -0.15) is 0 Å². The highest BCUT2D eigenvalue weighted by molar-refractivity contribution is 6.14. The zero-order valence-electron chi connectivity index (χ0n) is 25.9. The van der Waals surface area contributed by atoms with Gasteiger partial charge in [-0.3, -0.25) is 13.9 Å². The van der Waals surface area contributed by atoms with Crippen LogP contribution >= 0.6 is 0 Å². The number of pyridine rings is 1. The van der Waals surface area contributed by atoms with Crippen LogP contribution < -0.4 is 5.56 Å². The Kier molecular flexibility index (Phi) is 5.15. The molecule has 6 aromatic carbocycles. The number of hydrogen-bond donors (Lipinski definition) is 0. The van der Waals surface area contributed by atoms with Crippen molar-refractivity contribution >= 4 is 54.4 Å². The van der Waals surface area contributed by atoms with Crippen LogP contribution in [0.25, 0.3) is 77.1 Å². The third-order valence-corrected chi connectivity index (χ3v) is 10.1. The molecule has 0 unspecified atom stereocenters. The van der Waals surface area contributed by atoms with E-state index in [0.29, 0.717) is 16.9 Å². The van der Waals surface area contributed by atoms with E-state index < -0.39 is 0 Å². The maximum atomic E-state index is 14.1. The molecule has 0 aliphatic heterocycles. The van der Waals surface area contributed by atoms with Crippen LogP contribution in [0.2, 0.25) is 0 Å². The summed E-state index contributed by atoms with van der Waals surface area (Å²) in [4.78, 5) is 24.3. The molecule has 1 aliphatic rings. The van der Waals surface area contributed by atoms with Gasteiger partial charge < -0.3 is 0 Å². The predicted octanol–water partition coefficient (Wildman–Crippen LogP) is 9.49. The molecule has 0 saturated heterocycles. The van der Waals surface area contributed by atoms with Crippen molar-refractivity contribution in [3.8, 4) is 22.8 Å². The lowest BCUT2D eigenvalue weighted by Gasteiger charge is -2.24. The van der Waals surface area contributed by atoms with E-state index in [1.54, 1.807) is 10.8 Å². The first-order valence-corrected chi connectivity index (χ1v) is 16.0. The van der Waals surface area contributed by atoms with E-state index in [2.05, 4.69) is 91.2 Å². The van der Waals surface area contributed by atoms with Gasteiger partial charge in [0.15, 0.2) is 0 Å². The summed E-state index contributed by atoms with van der Waals surface area (Å²) in [6.45, 7) is 4.68. The van der Waals surface area contributed by atoms with Crippen LogP contribution in [-0.2, 0) is 5.41 Å². The lowest BCUT2D eigenvalue weighted by Crippen LogP contribution is -2.20. The normalized spacial score (nSPS) is 13.6. The number of nitrogens with zero attached hydrogens (tertiary/aromatic N) is 4. The molecule has 0 amide bonds. The Hall–Kier alpha value is -6.07. The van der Waals surface area contributed by atoms with Gasteiger partial charge in [-0.1, -0.05) is 117 Å². The first-order valence-electron chi connectivity index (χ1n) is 16.0. The van der Waals surface area contributed by atoms with Crippen molar-refractivity contribution in [1.82, 2.24) is 19.1 Å². The fourth-order valence-corrected chi connectivity index (χ4v) is 8.19.